The SMILES string of the molecule is CC(C)(C)c1cc2n(n1)C(c1ccccc1)CCN2. The molecule has 1 aliphatic heterocycles. The highest BCUT2D eigenvalue weighted by molar-refractivity contribution is 5.42. The molecule has 100 valence electrons. The van der Waals surface area contributed by atoms with E-state index in [1.165, 1.54) is 5.56 Å². The minimum atomic E-state index is 0.0905. The first-order chi connectivity index (χ1) is 9.05. The van der Waals surface area contributed by atoms with Crippen LogP contribution in [0.5, 0.6) is 0 Å². The smallest absolute Gasteiger partial charge is 0.125 e. The third kappa shape index (κ3) is 2.25. The highest BCUT2D eigenvalue weighted by Crippen LogP contribution is 2.32. The van der Waals surface area contributed by atoms with E-state index in [1.54, 1.807) is 0 Å². The van der Waals surface area contributed by atoms with Crippen LogP contribution in [-0.2, 0) is 5.41 Å². The number of hydrogen-bond donors (Lipinski definition) is 1. The molecule has 0 spiro atoms. The monoisotopic (exact) mass is 255 g/mol. The fraction of sp³-hybridized carbons (Fsp3) is 0.438. The maximum atomic E-state index is 4.83. The molecule has 0 bridgehead atoms. The van der Waals surface area contributed by atoms with Crippen molar-refractivity contribution in [3.63, 3.8) is 0 Å². The Labute approximate surface area is 114 Å². The molecule has 0 saturated carbocycles. The van der Waals surface area contributed by atoms with Crippen LogP contribution in [0.3, 0.4) is 0 Å². The molecular weight excluding hydrogens is 234 g/mol. The Balaban J connectivity index is 2.03. The second kappa shape index (κ2) is 4.41. The van der Waals surface area contributed by atoms with E-state index in [0.29, 0.717) is 6.04 Å². The maximum absolute atomic E-state index is 4.83. The van der Waals surface area contributed by atoms with Crippen LogP contribution in [0.1, 0.15) is 44.5 Å². The summed E-state index contributed by atoms with van der Waals surface area (Å²) in [4.78, 5) is 0. The lowest BCUT2D eigenvalue weighted by Crippen LogP contribution is -2.24. The summed E-state index contributed by atoms with van der Waals surface area (Å²) >= 11 is 0. The van der Waals surface area contributed by atoms with Gasteiger partial charge >= 0.3 is 0 Å². The van der Waals surface area contributed by atoms with E-state index in [-0.39, 0.29) is 5.41 Å². The molecule has 1 N–H and O–H groups in total. The van der Waals surface area contributed by atoms with Gasteiger partial charge in [-0.15, -0.1) is 0 Å². The van der Waals surface area contributed by atoms with Crippen molar-refractivity contribution in [1.29, 1.82) is 0 Å². The molecule has 19 heavy (non-hydrogen) atoms. The molecule has 3 heteroatoms. The lowest BCUT2D eigenvalue weighted by atomic mass is 9.92. The van der Waals surface area contributed by atoms with Gasteiger partial charge in [-0.25, -0.2) is 4.68 Å². The highest BCUT2D eigenvalue weighted by atomic mass is 15.4. The minimum Gasteiger partial charge on any atom is -0.370 e. The first-order valence-corrected chi connectivity index (χ1v) is 6.94. The second-order valence-corrected chi connectivity index (χ2v) is 6.25. The lowest BCUT2D eigenvalue weighted by Gasteiger charge is -2.26. The minimum absolute atomic E-state index is 0.0905. The molecule has 0 amide bonds. The largest absolute Gasteiger partial charge is 0.370 e. The van der Waals surface area contributed by atoms with Gasteiger partial charge in [-0.05, 0) is 12.0 Å². The van der Waals surface area contributed by atoms with E-state index < -0.39 is 0 Å². The number of rotatable bonds is 1. The first-order valence-electron chi connectivity index (χ1n) is 6.94. The molecule has 3 rings (SSSR count). The molecule has 0 aliphatic carbocycles. The number of hydrogen-bond acceptors (Lipinski definition) is 2. The van der Waals surface area contributed by atoms with E-state index in [1.807, 2.05) is 0 Å². The number of nitrogens with one attached hydrogen (secondary N) is 1. The van der Waals surface area contributed by atoms with Crippen LogP contribution < -0.4 is 5.32 Å². The summed E-state index contributed by atoms with van der Waals surface area (Å²) in [6.45, 7) is 7.63. The van der Waals surface area contributed by atoms with Crippen molar-refractivity contribution in [2.75, 3.05) is 11.9 Å². The molecule has 2 heterocycles. The van der Waals surface area contributed by atoms with Crippen LogP contribution in [0.4, 0.5) is 5.82 Å². The molecule has 1 unspecified atom stereocenters. The highest BCUT2D eigenvalue weighted by Gasteiger charge is 2.26. The Bertz CT molecular complexity index is 563. The Morgan fingerprint density at radius 2 is 1.95 bits per heavy atom. The average molecular weight is 255 g/mol. The van der Waals surface area contributed by atoms with Crippen LogP contribution in [0.25, 0.3) is 0 Å². The molecule has 0 saturated heterocycles. The zero-order valence-corrected chi connectivity index (χ0v) is 11.9. The zero-order valence-electron chi connectivity index (χ0n) is 11.9. The predicted molar refractivity (Wildman–Crippen MR) is 78.6 cm³/mol. The van der Waals surface area contributed by atoms with Crippen LogP contribution in [0, 0.1) is 0 Å². The molecule has 3 nitrogen and oxygen atoms in total. The van der Waals surface area contributed by atoms with E-state index >= 15 is 0 Å². The van der Waals surface area contributed by atoms with Crippen LogP contribution in [-0.4, -0.2) is 16.3 Å². The summed E-state index contributed by atoms with van der Waals surface area (Å²) in [5, 5.41) is 8.29. The van der Waals surface area contributed by atoms with Crippen LogP contribution in [0.15, 0.2) is 36.4 Å². The average Bonchev–Trinajstić information content (AvgIpc) is 2.83. The fourth-order valence-corrected chi connectivity index (χ4v) is 2.57. The van der Waals surface area contributed by atoms with Gasteiger partial charge in [0.25, 0.3) is 0 Å². The van der Waals surface area contributed by atoms with Crippen molar-refractivity contribution in [2.24, 2.45) is 0 Å². The van der Waals surface area contributed by atoms with Crippen LogP contribution in [0.2, 0.25) is 0 Å². The Morgan fingerprint density at radius 1 is 1.21 bits per heavy atom. The van der Waals surface area contributed by atoms with Crippen molar-refractivity contribution >= 4 is 5.82 Å². The first kappa shape index (κ1) is 12.3. The maximum Gasteiger partial charge on any atom is 0.125 e. The molecular formula is C16H21N3. The van der Waals surface area contributed by atoms with Gasteiger partial charge in [0.05, 0.1) is 11.7 Å². The summed E-state index contributed by atoms with van der Waals surface area (Å²) in [6.07, 6.45) is 1.09. The van der Waals surface area contributed by atoms with Crippen molar-refractivity contribution in [1.82, 2.24) is 9.78 Å². The van der Waals surface area contributed by atoms with Gasteiger partial charge < -0.3 is 5.32 Å². The molecule has 0 radical (unpaired) electrons. The van der Waals surface area contributed by atoms with Gasteiger partial charge in [0.15, 0.2) is 0 Å². The van der Waals surface area contributed by atoms with Crippen LogP contribution >= 0.6 is 0 Å². The summed E-state index contributed by atoms with van der Waals surface area (Å²) in [5.41, 5.74) is 2.58. The normalized spacial score (nSPS) is 18.8. The third-order valence-electron chi connectivity index (χ3n) is 3.71. The summed E-state index contributed by atoms with van der Waals surface area (Å²) in [7, 11) is 0. The van der Waals surface area contributed by atoms with E-state index in [4.69, 9.17) is 5.10 Å². The molecule has 0 fully saturated rings. The van der Waals surface area contributed by atoms with E-state index in [9.17, 15) is 0 Å². The van der Waals surface area contributed by atoms with Crippen molar-refractivity contribution in [3.8, 4) is 0 Å². The topological polar surface area (TPSA) is 29.9 Å². The Hall–Kier alpha value is -1.77. The van der Waals surface area contributed by atoms with E-state index in [0.717, 1.165) is 24.5 Å². The number of anilines is 1. The number of nitrogens with zero attached hydrogens (tertiary/aromatic N) is 2. The number of benzene rings is 1. The van der Waals surface area contributed by atoms with Gasteiger partial charge in [-0.1, -0.05) is 51.1 Å². The molecule has 1 atom stereocenters. The van der Waals surface area contributed by atoms with Gasteiger partial charge in [0.2, 0.25) is 0 Å². The quantitative estimate of drug-likeness (QED) is 0.844. The molecule has 1 aliphatic rings. The van der Waals surface area contributed by atoms with Gasteiger partial charge in [0.1, 0.15) is 5.82 Å². The predicted octanol–water partition coefficient (Wildman–Crippen LogP) is 3.59. The third-order valence-corrected chi connectivity index (χ3v) is 3.71. The number of fused-ring (bicyclic) bond motifs is 1. The van der Waals surface area contributed by atoms with Crippen molar-refractivity contribution in [2.45, 2.75) is 38.6 Å². The lowest BCUT2D eigenvalue weighted by molar-refractivity contribution is 0.462. The van der Waals surface area contributed by atoms with Crippen molar-refractivity contribution < 1.29 is 0 Å². The van der Waals surface area contributed by atoms with Gasteiger partial charge in [0, 0.05) is 18.0 Å². The Kier molecular flexibility index (Phi) is 2.85. The zero-order chi connectivity index (χ0) is 13.5. The second-order valence-electron chi connectivity index (χ2n) is 6.25. The summed E-state index contributed by atoms with van der Waals surface area (Å²) < 4.78 is 2.15. The Morgan fingerprint density at radius 3 is 2.63 bits per heavy atom. The van der Waals surface area contributed by atoms with Gasteiger partial charge in [-0.2, -0.15) is 5.10 Å². The van der Waals surface area contributed by atoms with Gasteiger partial charge in [-0.3, -0.25) is 0 Å². The molecule has 1 aromatic carbocycles. The molecule has 1 aromatic heterocycles. The number of aromatic nitrogens is 2. The van der Waals surface area contributed by atoms with Crippen molar-refractivity contribution in [3.05, 3.63) is 47.7 Å². The summed E-state index contributed by atoms with van der Waals surface area (Å²) in [5.74, 6) is 1.14. The fourth-order valence-electron chi connectivity index (χ4n) is 2.57. The molecule has 2 aromatic rings. The summed E-state index contributed by atoms with van der Waals surface area (Å²) in [6, 6.07) is 13.2. The standard InChI is InChI=1S/C16H21N3/c1-16(2,3)14-11-15-17-10-9-13(19(15)18-14)12-7-5-4-6-8-12/h4-8,11,13,17H,9-10H2,1-3H3. The van der Waals surface area contributed by atoms with E-state index in [2.05, 4.69) is 67.2 Å².